The smallest absolute Gasteiger partial charge is 0.408 e. The van der Waals surface area contributed by atoms with E-state index in [1.165, 1.54) is 19.2 Å². The minimum atomic E-state index is -1.40. The number of benzene rings is 3. The largest absolute Gasteiger partial charge is 0.497 e. The lowest BCUT2D eigenvalue weighted by Gasteiger charge is -2.22. The second kappa shape index (κ2) is 13.1. The summed E-state index contributed by atoms with van der Waals surface area (Å²) < 4.78 is 15.7. The highest BCUT2D eigenvalue weighted by molar-refractivity contribution is 5.90. The van der Waals surface area contributed by atoms with Gasteiger partial charge in [0.25, 0.3) is 0 Å². The van der Waals surface area contributed by atoms with Crippen molar-refractivity contribution in [2.24, 2.45) is 0 Å². The number of carboxylic acid groups (broad SMARTS) is 1. The first-order valence-corrected chi connectivity index (χ1v) is 12.5. The molecule has 2 amide bonds. The number of hydrogen-bond donors (Lipinski definition) is 3. The first-order chi connectivity index (χ1) is 19.3. The normalized spacial score (nSPS) is 12.2. The van der Waals surface area contributed by atoms with Crippen LogP contribution in [0.3, 0.4) is 0 Å². The van der Waals surface area contributed by atoms with E-state index < -0.39 is 35.7 Å². The van der Waals surface area contributed by atoms with Gasteiger partial charge in [-0.05, 0) is 28.8 Å². The third kappa shape index (κ3) is 7.47. The van der Waals surface area contributed by atoms with Crippen molar-refractivity contribution in [2.75, 3.05) is 7.11 Å². The molecule has 0 saturated heterocycles. The van der Waals surface area contributed by atoms with Crippen LogP contribution in [0.15, 0.2) is 94.1 Å². The molecule has 0 aliphatic carbocycles. The van der Waals surface area contributed by atoms with Crippen molar-refractivity contribution < 1.29 is 33.4 Å². The van der Waals surface area contributed by atoms with E-state index >= 15 is 0 Å². The molecular weight excluding hydrogens is 516 g/mol. The summed E-state index contributed by atoms with van der Waals surface area (Å²) in [7, 11) is 1.47. The number of rotatable bonds is 11. The zero-order valence-corrected chi connectivity index (χ0v) is 21.7. The number of ether oxygens (including phenoxy) is 2. The topological polar surface area (TPSA) is 144 Å². The monoisotopic (exact) mass is 544 g/mol. The number of fused-ring (bicyclic) bond motifs is 1. The molecule has 3 aromatic carbocycles. The molecule has 0 unspecified atom stereocenters. The van der Waals surface area contributed by atoms with Crippen LogP contribution in [-0.4, -0.2) is 42.3 Å². The lowest BCUT2D eigenvalue weighted by molar-refractivity contribution is -0.142. The van der Waals surface area contributed by atoms with Gasteiger partial charge in [0, 0.05) is 30.4 Å². The van der Waals surface area contributed by atoms with E-state index in [1.807, 2.05) is 24.3 Å². The van der Waals surface area contributed by atoms with E-state index in [2.05, 4.69) is 10.6 Å². The Bertz CT molecular complexity index is 1540. The van der Waals surface area contributed by atoms with Gasteiger partial charge in [0.05, 0.1) is 7.11 Å². The molecule has 206 valence electrons. The van der Waals surface area contributed by atoms with Gasteiger partial charge in [-0.1, -0.05) is 60.7 Å². The Kier molecular flexibility index (Phi) is 9.14. The van der Waals surface area contributed by atoms with E-state index in [0.717, 1.165) is 11.1 Å². The molecule has 1 aromatic heterocycles. The molecule has 40 heavy (non-hydrogen) atoms. The van der Waals surface area contributed by atoms with E-state index in [9.17, 15) is 24.3 Å². The second-order valence-corrected chi connectivity index (χ2v) is 9.00. The van der Waals surface area contributed by atoms with Crippen molar-refractivity contribution in [1.29, 1.82) is 0 Å². The average molecular weight is 545 g/mol. The number of amides is 2. The number of carbonyl (C=O) groups excluding carboxylic acids is 2. The Morgan fingerprint density at radius 3 is 2.17 bits per heavy atom. The van der Waals surface area contributed by atoms with Crippen molar-refractivity contribution in [3.05, 3.63) is 112 Å². The predicted molar refractivity (Wildman–Crippen MR) is 146 cm³/mol. The molecule has 10 heteroatoms. The summed E-state index contributed by atoms with van der Waals surface area (Å²) in [4.78, 5) is 50.3. The van der Waals surface area contributed by atoms with Crippen LogP contribution in [0.1, 0.15) is 16.7 Å². The molecule has 0 bridgehead atoms. The summed E-state index contributed by atoms with van der Waals surface area (Å²) in [6.45, 7) is -0.00144. The van der Waals surface area contributed by atoms with Gasteiger partial charge in [0.1, 0.15) is 30.0 Å². The van der Waals surface area contributed by atoms with Gasteiger partial charge in [0.15, 0.2) is 0 Å². The molecule has 0 saturated carbocycles. The Hall–Kier alpha value is -5.12. The minimum absolute atomic E-state index is 0.00144. The first kappa shape index (κ1) is 27.9. The Labute approximate surface area is 229 Å². The fourth-order valence-corrected chi connectivity index (χ4v) is 4.16. The van der Waals surface area contributed by atoms with Gasteiger partial charge < -0.3 is 29.6 Å². The molecule has 0 aliphatic heterocycles. The number of nitrogens with one attached hydrogen (secondary N) is 2. The van der Waals surface area contributed by atoms with E-state index in [4.69, 9.17) is 13.9 Å². The van der Waals surface area contributed by atoms with E-state index in [0.29, 0.717) is 16.7 Å². The lowest BCUT2D eigenvalue weighted by Crippen LogP contribution is -2.53. The molecule has 4 rings (SSSR count). The van der Waals surface area contributed by atoms with Gasteiger partial charge in [-0.25, -0.2) is 14.4 Å². The zero-order valence-electron chi connectivity index (χ0n) is 21.7. The number of hydrogen-bond acceptors (Lipinski definition) is 7. The molecule has 0 fully saturated rings. The third-order valence-corrected chi connectivity index (χ3v) is 6.18. The Balaban J connectivity index is 1.52. The van der Waals surface area contributed by atoms with Crippen molar-refractivity contribution >= 4 is 28.9 Å². The maximum absolute atomic E-state index is 13.3. The zero-order chi connectivity index (χ0) is 28.5. The van der Waals surface area contributed by atoms with Crippen LogP contribution < -0.4 is 21.0 Å². The van der Waals surface area contributed by atoms with E-state index in [1.54, 1.807) is 48.5 Å². The third-order valence-electron chi connectivity index (χ3n) is 6.18. The highest BCUT2D eigenvalue weighted by Crippen LogP contribution is 2.23. The second-order valence-electron chi connectivity index (χ2n) is 9.00. The van der Waals surface area contributed by atoms with Gasteiger partial charge in [0.2, 0.25) is 5.91 Å². The van der Waals surface area contributed by atoms with Crippen molar-refractivity contribution in [2.45, 2.75) is 31.5 Å². The maximum Gasteiger partial charge on any atom is 0.408 e. The van der Waals surface area contributed by atoms with Crippen LogP contribution in [0.4, 0.5) is 4.79 Å². The molecule has 4 aromatic rings. The quantitative estimate of drug-likeness (QED) is 0.244. The summed E-state index contributed by atoms with van der Waals surface area (Å²) >= 11 is 0. The highest BCUT2D eigenvalue weighted by Gasteiger charge is 2.28. The van der Waals surface area contributed by atoms with Gasteiger partial charge >= 0.3 is 17.7 Å². The first-order valence-electron chi connectivity index (χ1n) is 12.5. The summed E-state index contributed by atoms with van der Waals surface area (Å²) in [5, 5.41) is 15.5. The average Bonchev–Trinajstić information content (AvgIpc) is 2.95. The van der Waals surface area contributed by atoms with Crippen LogP contribution >= 0.6 is 0 Å². The molecule has 10 nitrogen and oxygen atoms in total. The van der Waals surface area contributed by atoms with Crippen molar-refractivity contribution in [3.8, 4) is 5.75 Å². The molecule has 0 aliphatic rings. The fraction of sp³-hybridized carbons (Fsp3) is 0.200. The van der Waals surface area contributed by atoms with Gasteiger partial charge in [-0.15, -0.1) is 0 Å². The lowest BCUT2D eigenvalue weighted by atomic mass is 10.0. The molecule has 0 spiro atoms. The molecule has 0 radical (unpaired) electrons. The SMILES string of the molecule is COc1ccc2c(C[C@H](NC(=O)[C@H](Cc3ccccc3)NC(=O)OCc3ccccc3)C(=O)O)cc(=O)oc2c1. The summed E-state index contributed by atoms with van der Waals surface area (Å²) in [5.41, 5.74) is 1.44. The Morgan fingerprint density at radius 2 is 1.52 bits per heavy atom. The Morgan fingerprint density at radius 1 is 0.850 bits per heavy atom. The predicted octanol–water partition coefficient (Wildman–Crippen LogP) is 3.45. The fourth-order valence-electron chi connectivity index (χ4n) is 4.16. The van der Waals surface area contributed by atoms with Gasteiger partial charge in [-0.2, -0.15) is 0 Å². The minimum Gasteiger partial charge on any atom is -0.497 e. The summed E-state index contributed by atoms with van der Waals surface area (Å²) in [6, 6.07) is 21.5. The standard InChI is InChI=1S/C30H28N2O8/c1-38-22-12-13-23-21(16-27(33)40-26(23)17-22)15-25(29(35)36)31-28(34)24(14-19-8-4-2-5-9-19)32-30(37)39-18-20-10-6-3-7-11-20/h2-13,16-17,24-25H,14-15,18H2,1H3,(H,31,34)(H,32,37)(H,35,36)/t24-,25-/m0/s1. The number of carboxylic acids is 1. The molecule has 2 atom stereocenters. The van der Waals surface area contributed by atoms with Crippen LogP contribution in [0.2, 0.25) is 0 Å². The van der Waals surface area contributed by atoms with Crippen molar-refractivity contribution in [3.63, 3.8) is 0 Å². The van der Waals surface area contributed by atoms with Crippen LogP contribution in [-0.2, 0) is 33.8 Å². The highest BCUT2D eigenvalue weighted by atomic mass is 16.5. The van der Waals surface area contributed by atoms with Crippen LogP contribution in [0, 0.1) is 0 Å². The van der Waals surface area contributed by atoms with Crippen LogP contribution in [0.25, 0.3) is 11.0 Å². The molecule has 1 heterocycles. The maximum atomic E-state index is 13.3. The summed E-state index contributed by atoms with van der Waals surface area (Å²) in [6.07, 6.45) is -0.934. The number of methoxy groups -OCH3 is 1. The van der Waals surface area contributed by atoms with E-state index in [-0.39, 0.29) is 25.0 Å². The number of alkyl carbamates (subject to hydrolysis) is 1. The van der Waals surface area contributed by atoms with Crippen molar-refractivity contribution in [1.82, 2.24) is 10.6 Å². The number of carbonyl (C=O) groups is 3. The van der Waals surface area contributed by atoms with Crippen LogP contribution in [0.5, 0.6) is 5.75 Å². The molecular formula is C30H28N2O8. The summed E-state index contributed by atoms with van der Waals surface area (Å²) in [5.74, 6) is -1.57. The number of aliphatic carboxylic acids is 1. The molecule has 3 N–H and O–H groups in total. The van der Waals surface area contributed by atoms with Gasteiger partial charge in [-0.3, -0.25) is 4.79 Å².